The van der Waals surface area contributed by atoms with E-state index in [0.29, 0.717) is 35.6 Å². The number of nitrogens with one attached hydrogen (secondary N) is 1. The van der Waals surface area contributed by atoms with Crippen LogP contribution in [0.15, 0.2) is 70.1 Å². The van der Waals surface area contributed by atoms with Crippen LogP contribution < -0.4 is 9.46 Å². The van der Waals surface area contributed by atoms with E-state index in [1.54, 1.807) is 29.3 Å². The monoisotopic (exact) mass is 698 g/mol. The number of rotatable bonds is 8. The fourth-order valence-electron chi connectivity index (χ4n) is 6.23. The van der Waals surface area contributed by atoms with E-state index in [0.717, 1.165) is 41.7 Å². The average Bonchev–Trinajstić information content (AvgIpc) is 3.50. The fourth-order valence-corrected chi connectivity index (χ4v) is 7.22. The first-order valence-electron chi connectivity index (χ1n) is 16.9. The van der Waals surface area contributed by atoms with E-state index < -0.39 is 16.1 Å². The molecule has 5 aromatic rings. The Kier molecular flexibility index (Phi) is 9.27. The Labute approximate surface area is 292 Å². The lowest BCUT2D eigenvalue weighted by Gasteiger charge is -2.33. The molecule has 2 aromatic carbocycles. The number of hydrogen-bond donors (Lipinski definition) is 1. The maximum Gasteiger partial charge on any atom is 0.264 e. The van der Waals surface area contributed by atoms with Crippen molar-refractivity contribution in [3.63, 3.8) is 0 Å². The first-order valence-corrected chi connectivity index (χ1v) is 18.4. The molecule has 1 saturated carbocycles. The van der Waals surface area contributed by atoms with E-state index in [1.807, 2.05) is 52.0 Å². The third-order valence-corrected chi connectivity index (χ3v) is 10.6. The second kappa shape index (κ2) is 13.8. The zero-order valence-corrected chi connectivity index (χ0v) is 29.4. The number of amides is 1. The topological polar surface area (TPSA) is 150 Å². The minimum absolute atomic E-state index is 0. The lowest BCUT2D eigenvalue weighted by molar-refractivity contribution is -0.0111. The molecular weight excluding hydrogens is 657 g/mol. The van der Waals surface area contributed by atoms with Gasteiger partial charge in [-0.3, -0.25) is 4.79 Å². The maximum atomic E-state index is 14.5. The van der Waals surface area contributed by atoms with Crippen LogP contribution in [0.2, 0.25) is 0 Å². The van der Waals surface area contributed by atoms with Gasteiger partial charge in [0.05, 0.1) is 41.2 Å². The number of aryl methyl sites for hydroxylation is 2. The molecule has 13 heteroatoms. The molecule has 3 aromatic heterocycles. The van der Waals surface area contributed by atoms with Crippen molar-refractivity contribution in [2.45, 2.75) is 82.9 Å². The Balaban J connectivity index is 0.00000448. The minimum atomic E-state index is -4.19. The maximum absolute atomic E-state index is 14.5. The van der Waals surface area contributed by atoms with E-state index in [-0.39, 0.29) is 54.8 Å². The number of fused-ring (bicyclic) bond motifs is 5. The van der Waals surface area contributed by atoms with Crippen LogP contribution in [0.3, 0.4) is 0 Å². The van der Waals surface area contributed by atoms with Crippen LogP contribution in [0.1, 0.15) is 79.8 Å². The van der Waals surface area contributed by atoms with E-state index in [1.165, 1.54) is 12.1 Å². The molecule has 0 radical (unpaired) electrons. The van der Waals surface area contributed by atoms with Crippen LogP contribution in [0.4, 0.5) is 5.95 Å². The van der Waals surface area contributed by atoms with E-state index >= 15 is 0 Å². The number of anilines is 1. The molecule has 4 heterocycles. The normalized spacial score (nSPS) is 17.7. The molecule has 2 aliphatic rings. The summed E-state index contributed by atoms with van der Waals surface area (Å²) in [6, 6.07) is 14.9. The fraction of sp³-hybridized carbons (Fsp3) is 0.378. The van der Waals surface area contributed by atoms with Crippen molar-refractivity contribution < 1.29 is 28.5 Å². The Morgan fingerprint density at radius 2 is 1.82 bits per heavy atom. The van der Waals surface area contributed by atoms with Crippen molar-refractivity contribution in [1.29, 1.82) is 0 Å². The molecule has 7 rings (SSSR count). The molecule has 4 bridgehead atoms. The number of sulfonamides is 1. The van der Waals surface area contributed by atoms with Crippen LogP contribution in [0, 0.1) is 13.8 Å². The van der Waals surface area contributed by atoms with Crippen molar-refractivity contribution in [1.82, 2.24) is 24.8 Å². The molecule has 1 fully saturated rings. The van der Waals surface area contributed by atoms with Gasteiger partial charge in [0.1, 0.15) is 17.9 Å². The lowest BCUT2D eigenvalue weighted by Crippen LogP contribution is -2.44. The summed E-state index contributed by atoms with van der Waals surface area (Å²) in [7, 11) is -4.19. The van der Waals surface area contributed by atoms with Crippen LogP contribution in [0.5, 0.6) is 5.88 Å². The molecule has 1 aliphatic heterocycles. The highest BCUT2D eigenvalue weighted by molar-refractivity contribution is 7.92. The second-order valence-corrected chi connectivity index (χ2v) is 15.0. The van der Waals surface area contributed by atoms with Gasteiger partial charge in [-0.1, -0.05) is 38.1 Å². The number of hydrogen-bond acceptors (Lipinski definition) is 10. The Bertz CT molecular complexity index is 2150. The van der Waals surface area contributed by atoms with Gasteiger partial charge in [-0.2, -0.15) is 4.98 Å². The number of benzene rings is 2. The number of ether oxygens (including phenoxy) is 2. The summed E-state index contributed by atoms with van der Waals surface area (Å²) in [5.74, 6) is 0.570. The van der Waals surface area contributed by atoms with Gasteiger partial charge in [0.15, 0.2) is 0 Å². The molecule has 12 nitrogen and oxygen atoms in total. The minimum Gasteiger partial charge on any atom is -0.475 e. The van der Waals surface area contributed by atoms with Gasteiger partial charge < -0.3 is 18.8 Å². The quantitative estimate of drug-likeness (QED) is 0.183. The first-order chi connectivity index (χ1) is 24.0. The van der Waals surface area contributed by atoms with Crippen LogP contribution in [-0.4, -0.2) is 64.5 Å². The average molecular weight is 699 g/mol. The highest BCUT2D eigenvalue weighted by Crippen LogP contribution is 2.31. The van der Waals surface area contributed by atoms with Crippen LogP contribution >= 0.6 is 0 Å². The smallest absolute Gasteiger partial charge is 0.264 e. The molecule has 1 N–H and O–H groups in total. The zero-order valence-electron chi connectivity index (χ0n) is 28.5. The Hall–Kier alpha value is -4.88. The van der Waals surface area contributed by atoms with Gasteiger partial charge >= 0.3 is 0 Å². The Morgan fingerprint density at radius 1 is 1.04 bits per heavy atom. The van der Waals surface area contributed by atoms with Crippen LogP contribution in [0.25, 0.3) is 22.5 Å². The molecule has 0 saturated heterocycles. The summed E-state index contributed by atoms with van der Waals surface area (Å²) in [6.45, 7) is 8.54. The predicted molar refractivity (Wildman–Crippen MR) is 190 cm³/mol. The molecule has 1 atom stereocenters. The highest BCUT2D eigenvalue weighted by Gasteiger charge is 2.30. The van der Waals surface area contributed by atoms with E-state index in [9.17, 15) is 13.2 Å². The van der Waals surface area contributed by atoms with Crippen LogP contribution in [-0.2, 0) is 21.3 Å². The predicted octanol–water partition coefficient (Wildman–Crippen LogP) is 6.83. The zero-order chi connectivity index (χ0) is 35.0. The van der Waals surface area contributed by atoms with Crippen molar-refractivity contribution >= 4 is 33.1 Å². The standard InChI is InChI=1S/C37H40N6O6S.H2/c1-22(2)32-17-31-35(49-32)38-19-26(39-31)20-43-27(14-15-47-28-11-7-12-28)21-48-33-18-30(34-23(3)8-5-9-24(34)4)40-37(41-33)42-50(45,46)29-13-6-10-25(16-29)36(43)44;/h5-6,8-10,13,16-19,22,27-28H,7,11-12,14-15,20-21H2,1-4H3,(H,40,41,42);1H. The highest BCUT2D eigenvalue weighted by atomic mass is 32.2. The SMILES string of the molecule is Cc1cccc(C)c1-c1cc2nc(n1)NS(=O)(=O)c1cccc(c1)C(=O)N(Cc1cnc3oc(C(C)C)cc3n1)C(CCOC1CCC1)CO2.[HH]. The third-order valence-electron chi connectivity index (χ3n) is 9.25. The Morgan fingerprint density at radius 3 is 2.56 bits per heavy atom. The van der Waals surface area contributed by atoms with Gasteiger partial charge in [0.25, 0.3) is 15.9 Å². The number of aromatic nitrogens is 4. The van der Waals surface area contributed by atoms with E-state index in [4.69, 9.17) is 18.9 Å². The second-order valence-electron chi connectivity index (χ2n) is 13.3. The van der Waals surface area contributed by atoms with Gasteiger partial charge in [-0.25, -0.2) is 28.1 Å². The van der Waals surface area contributed by atoms with Crippen molar-refractivity contribution in [2.24, 2.45) is 0 Å². The molecule has 1 amide bonds. The van der Waals surface area contributed by atoms with Gasteiger partial charge in [0.2, 0.25) is 17.5 Å². The lowest BCUT2D eigenvalue weighted by atomic mass is 9.96. The van der Waals surface area contributed by atoms with Crippen molar-refractivity contribution in [2.75, 3.05) is 17.9 Å². The van der Waals surface area contributed by atoms with Gasteiger partial charge in [-0.05, 0) is 68.9 Å². The molecule has 1 aliphatic carbocycles. The number of furan rings is 1. The number of carbonyl (C=O) groups is 1. The third kappa shape index (κ3) is 7.06. The number of nitrogens with zero attached hydrogens (tertiary/aromatic N) is 5. The molecule has 262 valence electrons. The van der Waals surface area contributed by atoms with Crippen molar-refractivity contribution in [3.8, 4) is 17.1 Å². The summed E-state index contributed by atoms with van der Waals surface area (Å²) in [5.41, 5.74) is 5.05. The molecule has 0 spiro atoms. The number of carbonyl (C=O) groups excluding carboxylic acids is 1. The van der Waals surface area contributed by atoms with Crippen molar-refractivity contribution in [3.05, 3.63) is 88.9 Å². The molecular formula is C37H42N6O6S. The molecule has 1 unspecified atom stereocenters. The summed E-state index contributed by atoms with van der Waals surface area (Å²) in [5, 5.41) is 0. The molecule has 50 heavy (non-hydrogen) atoms. The summed E-state index contributed by atoms with van der Waals surface area (Å²) in [4.78, 5) is 34.4. The van der Waals surface area contributed by atoms with Gasteiger partial charge in [-0.15, -0.1) is 0 Å². The first kappa shape index (κ1) is 33.6. The van der Waals surface area contributed by atoms with E-state index in [2.05, 4.69) is 19.7 Å². The largest absolute Gasteiger partial charge is 0.475 e. The summed E-state index contributed by atoms with van der Waals surface area (Å²) in [6.07, 6.45) is 5.44. The van der Waals surface area contributed by atoms with Gasteiger partial charge in [0, 0.05) is 37.2 Å². The summed E-state index contributed by atoms with van der Waals surface area (Å²) < 4.78 is 48.3. The summed E-state index contributed by atoms with van der Waals surface area (Å²) >= 11 is 0.